The van der Waals surface area contributed by atoms with Gasteiger partial charge in [0, 0.05) is 13.1 Å². The molecule has 2 N–H and O–H groups in total. The Hall–Kier alpha value is -0.860. The summed E-state index contributed by atoms with van der Waals surface area (Å²) in [5, 5.41) is 0. The first-order valence-electron chi connectivity index (χ1n) is 7.82. The van der Waals surface area contributed by atoms with Gasteiger partial charge < -0.3 is 5.73 Å². The van der Waals surface area contributed by atoms with Crippen LogP contribution in [0.4, 0.5) is 0 Å². The van der Waals surface area contributed by atoms with Crippen molar-refractivity contribution in [1.29, 1.82) is 0 Å². The molecule has 0 radical (unpaired) electrons. The molecule has 0 aliphatic carbocycles. The highest BCUT2D eigenvalue weighted by Gasteiger charge is 2.15. The zero-order chi connectivity index (χ0) is 13.5. The minimum atomic E-state index is 0.835. The van der Waals surface area contributed by atoms with Crippen molar-refractivity contribution in [3.63, 3.8) is 0 Å². The summed E-state index contributed by atoms with van der Waals surface area (Å²) < 4.78 is 0. The van der Waals surface area contributed by atoms with Crippen LogP contribution in [0, 0.1) is 5.92 Å². The zero-order valence-corrected chi connectivity index (χ0v) is 12.3. The van der Waals surface area contributed by atoms with Gasteiger partial charge in [0.15, 0.2) is 0 Å². The molecule has 0 fully saturated rings. The van der Waals surface area contributed by atoms with Crippen LogP contribution in [0.2, 0.25) is 0 Å². The molecule has 1 aromatic rings. The molecule has 0 amide bonds. The van der Waals surface area contributed by atoms with Gasteiger partial charge in [-0.2, -0.15) is 0 Å². The third-order valence-electron chi connectivity index (χ3n) is 4.45. The fraction of sp³-hybridized carbons (Fsp3) is 0.647. The Morgan fingerprint density at radius 2 is 2.00 bits per heavy atom. The van der Waals surface area contributed by atoms with Gasteiger partial charge in [0.05, 0.1) is 0 Å². The van der Waals surface area contributed by atoms with Crippen molar-refractivity contribution in [1.82, 2.24) is 4.90 Å². The van der Waals surface area contributed by atoms with Crippen molar-refractivity contribution < 1.29 is 0 Å². The van der Waals surface area contributed by atoms with Crippen LogP contribution in [-0.2, 0) is 13.0 Å². The van der Waals surface area contributed by atoms with E-state index < -0.39 is 0 Å². The van der Waals surface area contributed by atoms with Gasteiger partial charge in [-0.3, -0.25) is 4.90 Å². The van der Waals surface area contributed by atoms with Crippen molar-refractivity contribution >= 4 is 0 Å². The van der Waals surface area contributed by atoms with Crippen LogP contribution in [0.5, 0.6) is 0 Å². The molecule has 2 rings (SSSR count). The molecule has 1 atom stereocenters. The topological polar surface area (TPSA) is 29.3 Å². The van der Waals surface area contributed by atoms with Gasteiger partial charge in [-0.1, -0.05) is 37.6 Å². The fourth-order valence-corrected chi connectivity index (χ4v) is 3.14. The standard InChI is InChI=1S/C17H28N2/c1-2-15(9-11-18)6-5-12-19-13-10-16-7-3-4-8-17(16)14-19/h3-4,7-8,15H,2,5-6,9-14,18H2,1H3. The highest BCUT2D eigenvalue weighted by atomic mass is 15.1. The van der Waals surface area contributed by atoms with E-state index in [1.807, 2.05) is 0 Å². The van der Waals surface area contributed by atoms with E-state index in [4.69, 9.17) is 5.73 Å². The van der Waals surface area contributed by atoms with Crippen LogP contribution in [0.1, 0.15) is 43.7 Å². The predicted molar refractivity (Wildman–Crippen MR) is 82.1 cm³/mol. The molecule has 1 aliphatic heterocycles. The first kappa shape index (κ1) is 14.5. The molecule has 1 heterocycles. The van der Waals surface area contributed by atoms with E-state index in [2.05, 4.69) is 36.1 Å². The van der Waals surface area contributed by atoms with E-state index in [-0.39, 0.29) is 0 Å². The summed E-state index contributed by atoms with van der Waals surface area (Å²) in [7, 11) is 0. The van der Waals surface area contributed by atoms with E-state index in [1.54, 1.807) is 5.56 Å². The number of hydrogen-bond acceptors (Lipinski definition) is 2. The number of nitrogens with two attached hydrogens (primary N) is 1. The Bertz CT molecular complexity index is 375. The second kappa shape index (κ2) is 7.66. The van der Waals surface area contributed by atoms with Crippen molar-refractivity contribution in [3.05, 3.63) is 35.4 Å². The molecule has 0 aromatic heterocycles. The predicted octanol–water partition coefficient (Wildman–Crippen LogP) is 3.20. The first-order chi connectivity index (χ1) is 9.33. The minimum Gasteiger partial charge on any atom is -0.330 e. The number of nitrogens with zero attached hydrogens (tertiary/aromatic N) is 1. The number of benzene rings is 1. The smallest absolute Gasteiger partial charge is 0.0236 e. The number of hydrogen-bond donors (Lipinski definition) is 1. The highest BCUT2D eigenvalue weighted by Crippen LogP contribution is 2.20. The van der Waals surface area contributed by atoms with Gasteiger partial charge in [-0.25, -0.2) is 0 Å². The molecule has 0 bridgehead atoms. The average molecular weight is 260 g/mol. The minimum absolute atomic E-state index is 0.835. The maximum atomic E-state index is 5.66. The molecule has 1 aliphatic rings. The lowest BCUT2D eigenvalue weighted by Crippen LogP contribution is -2.31. The average Bonchev–Trinajstić information content (AvgIpc) is 2.46. The normalized spacial score (nSPS) is 17.2. The van der Waals surface area contributed by atoms with Gasteiger partial charge in [0.2, 0.25) is 0 Å². The van der Waals surface area contributed by atoms with Crippen LogP contribution in [0.3, 0.4) is 0 Å². The third kappa shape index (κ3) is 4.32. The largest absolute Gasteiger partial charge is 0.330 e. The van der Waals surface area contributed by atoms with Crippen LogP contribution in [-0.4, -0.2) is 24.5 Å². The molecule has 1 aromatic carbocycles. The van der Waals surface area contributed by atoms with Gasteiger partial charge >= 0.3 is 0 Å². The molecule has 0 saturated heterocycles. The Labute approximate surface area is 118 Å². The van der Waals surface area contributed by atoms with E-state index in [9.17, 15) is 0 Å². The SMILES string of the molecule is CCC(CCN)CCCN1CCc2ccccc2C1. The molecule has 2 nitrogen and oxygen atoms in total. The summed E-state index contributed by atoms with van der Waals surface area (Å²) >= 11 is 0. The molecule has 0 saturated carbocycles. The summed E-state index contributed by atoms with van der Waals surface area (Å²) in [5.74, 6) is 0.835. The lowest BCUT2D eigenvalue weighted by Gasteiger charge is -2.29. The fourth-order valence-electron chi connectivity index (χ4n) is 3.14. The second-order valence-corrected chi connectivity index (χ2v) is 5.79. The zero-order valence-electron chi connectivity index (χ0n) is 12.3. The Balaban J connectivity index is 1.73. The molecule has 106 valence electrons. The number of fused-ring (bicyclic) bond motifs is 1. The monoisotopic (exact) mass is 260 g/mol. The van der Waals surface area contributed by atoms with Crippen LogP contribution >= 0.6 is 0 Å². The van der Waals surface area contributed by atoms with Gasteiger partial charge in [-0.15, -0.1) is 0 Å². The summed E-state index contributed by atoms with van der Waals surface area (Å²) in [4.78, 5) is 2.61. The lowest BCUT2D eigenvalue weighted by molar-refractivity contribution is 0.240. The molecular weight excluding hydrogens is 232 g/mol. The lowest BCUT2D eigenvalue weighted by atomic mass is 9.96. The summed E-state index contributed by atoms with van der Waals surface area (Å²) in [6.45, 7) is 6.75. The van der Waals surface area contributed by atoms with Crippen molar-refractivity contribution in [2.45, 2.75) is 45.6 Å². The Kier molecular flexibility index (Phi) is 5.87. The highest BCUT2D eigenvalue weighted by molar-refractivity contribution is 5.28. The maximum Gasteiger partial charge on any atom is 0.0236 e. The van der Waals surface area contributed by atoms with Crippen molar-refractivity contribution in [2.75, 3.05) is 19.6 Å². The molecular formula is C17H28N2. The van der Waals surface area contributed by atoms with Crippen molar-refractivity contribution in [3.8, 4) is 0 Å². The molecule has 2 heteroatoms. The third-order valence-corrected chi connectivity index (χ3v) is 4.45. The van der Waals surface area contributed by atoms with Gasteiger partial charge in [0.25, 0.3) is 0 Å². The van der Waals surface area contributed by atoms with Gasteiger partial charge in [0.1, 0.15) is 0 Å². The van der Waals surface area contributed by atoms with Crippen LogP contribution in [0.15, 0.2) is 24.3 Å². The second-order valence-electron chi connectivity index (χ2n) is 5.79. The Morgan fingerprint density at radius 1 is 1.21 bits per heavy atom. The first-order valence-corrected chi connectivity index (χ1v) is 7.82. The van der Waals surface area contributed by atoms with E-state index in [0.29, 0.717) is 0 Å². The van der Waals surface area contributed by atoms with Crippen LogP contribution in [0.25, 0.3) is 0 Å². The van der Waals surface area contributed by atoms with Crippen LogP contribution < -0.4 is 5.73 Å². The quantitative estimate of drug-likeness (QED) is 0.816. The maximum absolute atomic E-state index is 5.66. The molecule has 1 unspecified atom stereocenters. The summed E-state index contributed by atoms with van der Waals surface area (Å²) in [6.07, 6.45) is 6.35. The van der Waals surface area contributed by atoms with E-state index >= 15 is 0 Å². The molecule has 19 heavy (non-hydrogen) atoms. The van der Waals surface area contributed by atoms with Gasteiger partial charge in [-0.05, 0) is 55.8 Å². The Morgan fingerprint density at radius 3 is 2.74 bits per heavy atom. The number of rotatable bonds is 7. The molecule has 0 spiro atoms. The van der Waals surface area contributed by atoms with E-state index in [1.165, 1.54) is 50.8 Å². The van der Waals surface area contributed by atoms with E-state index in [0.717, 1.165) is 19.0 Å². The van der Waals surface area contributed by atoms with Crippen molar-refractivity contribution in [2.24, 2.45) is 11.7 Å². The summed E-state index contributed by atoms with van der Waals surface area (Å²) in [6, 6.07) is 8.88. The summed E-state index contributed by atoms with van der Waals surface area (Å²) in [5.41, 5.74) is 8.74.